The van der Waals surface area contributed by atoms with E-state index in [0.717, 1.165) is 36.3 Å². The van der Waals surface area contributed by atoms with Crippen LogP contribution in [0.25, 0.3) is 0 Å². The van der Waals surface area contributed by atoms with Gasteiger partial charge in [0.2, 0.25) is 0 Å². The third-order valence-corrected chi connectivity index (χ3v) is 4.53. The van der Waals surface area contributed by atoms with Gasteiger partial charge in [-0.3, -0.25) is 9.48 Å². The molecule has 0 saturated carbocycles. The van der Waals surface area contributed by atoms with Gasteiger partial charge in [0, 0.05) is 24.3 Å². The van der Waals surface area contributed by atoms with Crippen molar-refractivity contribution in [1.29, 1.82) is 5.26 Å². The Bertz CT molecular complexity index is 787. The number of hydrogen-bond donors (Lipinski definition) is 0. The van der Waals surface area contributed by atoms with Crippen LogP contribution in [0.1, 0.15) is 46.2 Å². The van der Waals surface area contributed by atoms with Crippen LogP contribution in [-0.4, -0.2) is 33.7 Å². The number of carbonyl (C=O) groups is 1. The molecule has 2 aromatic rings. The lowest BCUT2D eigenvalue weighted by molar-refractivity contribution is 0.0671. The third-order valence-electron chi connectivity index (χ3n) is 4.53. The first-order chi connectivity index (χ1) is 11.6. The molecule has 2 heterocycles. The van der Waals surface area contributed by atoms with E-state index in [0.29, 0.717) is 18.5 Å². The number of carbonyl (C=O) groups excluding carboxylic acids is 1. The Morgan fingerprint density at radius 1 is 1.38 bits per heavy atom. The van der Waals surface area contributed by atoms with Gasteiger partial charge in [-0.1, -0.05) is 12.1 Å². The van der Waals surface area contributed by atoms with Crippen LogP contribution in [0.3, 0.4) is 0 Å². The summed E-state index contributed by atoms with van der Waals surface area (Å²) in [4.78, 5) is 14.7. The van der Waals surface area contributed by atoms with Crippen molar-refractivity contribution in [3.63, 3.8) is 0 Å². The first-order valence-corrected chi connectivity index (χ1v) is 8.36. The Morgan fingerprint density at radius 3 is 2.92 bits per heavy atom. The third kappa shape index (κ3) is 3.33. The van der Waals surface area contributed by atoms with Gasteiger partial charge in [-0.2, -0.15) is 10.4 Å². The summed E-state index contributed by atoms with van der Waals surface area (Å²) in [5.41, 5.74) is 3.70. The minimum Gasteiger partial charge on any atom is -0.337 e. The molecule has 0 spiro atoms. The molecular formula is C19H22N4O. The second-order valence-corrected chi connectivity index (χ2v) is 6.45. The standard InChI is InChI=1S/C19H22N4O/c1-14-11-15(2)23(21-14)18-7-4-10-22(13-18)19(24)17-6-3-5-16(12-17)8-9-20/h3,5-6,11-12,18H,4,7-8,10,13H2,1-2H3/t18-/m0/s1. The van der Waals surface area contributed by atoms with Crippen molar-refractivity contribution >= 4 is 5.91 Å². The van der Waals surface area contributed by atoms with Crippen LogP contribution in [0.4, 0.5) is 0 Å². The molecule has 0 radical (unpaired) electrons. The zero-order chi connectivity index (χ0) is 17.1. The van der Waals surface area contributed by atoms with Crippen LogP contribution < -0.4 is 0 Å². The fraction of sp³-hybridized carbons (Fsp3) is 0.421. The van der Waals surface area contributed by atoms with Crippen molar-refractivity contribution in [3.8, 4) is 6.07 Å². The molecule has 0 aliphatic carbocycles. The maximum atomic E-state index is 12.8. The molecule has 0 unspecified atom stereocenters. The van der Waals surface area contributed by atoms with E-state index >= 15 is 0 Å². The minimum absolute atomic E-state index is 0.0426. The molecule has 124 valence electrons. The van der Waals surface area contributed by atoms with Gasteiger partial charge in [-0.05, 0) is 50.5 Å². The largest absolute Gasteiger partial charge is 0.337 e. The van der Waals surface area contributed by atoms with Crippen LogP contribution in [0, 0.1) is 25.2 Å². The summed E-state index contributed by atoms with van der Waals surface area (Å²) in [6.45, 7) is 5.52. The van der Waals surface area contributed by atoms with Gasteiger partial charge in [0.05, 0.1) is 24.2 Å². The van der Waals surface area contributed by atoms with Crippen molar-refractivity contribution in [1.82, 2.24) is 14.7 Å². The number of nitriles is 1. The fourth-order valence-corrected chi connectivity index (χ4v) is 3.44. The molecular weight excluding hydrogens is 300 g/mol. The van der Waals surface area contributed by atoms with Crippen molar-refractivity contribution in [2.24, 2.45) is 0 Å². The Hall–Kier alpha value is -2.61. The highest BCUT2D eigenvalue weighted by atomic mass is 16.2. The number of nitrogens with zero attached hydrogens (tertiary/aromatic N) is 4. The quantitative estimate of drug-likeness (QED) is 0.872. The lowest BCUT2D eigenvalue weighted by Gasteiger charge is -2.33. The molecule has 1 aliphatic rings. The summed E-state index contributed by atoms with van der Waals surface area (Å²) in [6.07, 6.45) is 2.35. The predicted octanol–water partition coefficient (Wildman–Crippen LogP) is 3.04. The number of piperidine rings is 1. The van der Waals surface area contributed by atoms with Gasteiger partial charge < -0.3 is 4.90 Å². The second-order valence-electron chi connectivity index (χ2n) is 6.45. The second kappa shape index (κ2) is 6.88. The van der Waals surface area contributed by atoms with E-state index in [2.05, 4.69) is 28.8 Å². The Balaban J connectivity index is 1.77. The molecule has 3 rings (SSSR count). The number of hydrogen-bond acceptors (Lipinski definition) is 3. The maximum Gasteiger partial charge on any atom is 0.253 e. The molecule has 1 amide bonds. The summed E-state index contributed by atoms with van der Waals surface area (Å²) < 4.78 is 2.06. The summed E-state index contributed by atoms with van der Waals surface area (Å²) in [7, 11) is 0. The van der Waals surface area contributed by atoms with Gasteiger partial charge in [0.1, 0.15) is 0 Å². The highest BCUT2D eigenvalue weighted by Gasteiger charge is 2.26. The zero-order valence-corrected chi connectivity index (χ0v) is 14.2. The maximum absolute atomic E-state index is 12.8. The monoisotopic (exact) mass is 322 g/mol. The van der Waals surface area contributed by atoms with Gasteiger partial charge >= 0.3 is 0 Å². The highest BCUT2D eigenvalue weighted by molar-refractivity contribution is 5.94. The van der Waals surface area contributed by atoms with E-state index in [1.54, 1.807) is 0 Å². The van der Waals surface area contributed by atoms with Crippen molar-refractivity contribution in [2.45, 2.75) is 39.2 Å². The summed E-state index contributed by atoms with van der Waals surface area (Å²) in [5, 5.41) is 13.4. The van der Waals surface area contributed by atoms with E-state index in [4.69, 9.17) is 5.26 Å². The SMILES string of the molecule is Cc1cc(C)n([C@H]2CCCN(C(=O)c3cccc(CC#N)c3)C2)n1. The van der Waals surface area contributed by atoms with Crippen LogP contribution in [0.15, 0.2) is 30.3 Å². The topological polar surface area (TPSA) is 61.9 Å². The van der Waals surface area contributed by atoms with Crippen LogP contribution in [0.5, 0.6) is 0 Å². The van der Waals surface area contributed by atoms with Gasteiger partial charge in [-0.15, -0.1) is 0 Å². The van der Waals surface area contributed by atoms with E-state index in [9.17, 15) is 4.79 Å². The summed E-state index contributed by atoms with van der Waals surface area (Å²) in [6, 6.07) is 11.8. The lowest BCUT2D eigenvalue weighted by atomic mass is 10.0. The van der Waals surface area contributed by atoms with Crippen molar-refractivity contribution in [3.05, 3.63) is 52.8 Å². The van der Waals surface area contributed by atoms with E-state index in [-0.39, 0.29) is 11.9 Å². The Labute approximate surface area is 142 Å². The zero-order valence-electron chi connectivity index (χ0n) is 14.2. The Morgan fingerprint density at radius 2 is 2.21 bits per heavy atom. The van der Waals surface area contributed by atoms with Gasteiger partial charge in [-0.25, -0.2) is 0 Å². The van der Waals surface area contributed by atoms with E-state index < -0.39 is 0 Å². The minimum atomic E-state index is 0.0426. The van der Waals surface area contributed by atoms with Crippen molar-refractivity contribution in [2.75, 3.05) is 13.1 Å². The number of aryl methyl sites for hydroxylation is 2. The van der Waals surface area contributed by atoms with Crippen LogP contribution >= 0.6 is 0 Å². The molecule has 0 N–H and O–H groups in total. The molecule has 1 saturated heterocycles. The first-order valence-electron chi connectivity index (χ1n) is 8.36. The summed E-state index contributed by atoms with van der Waals surface area (Å²) >= 11 is 0. The van der Waals surface area contributed by atoms with E-state index in [1.165, 1.54) is 0 Å². The number of benzene rings is 1. The van der Waals surface area contributed by atoms with Crippen molar-refractivity contribution < 1.29 is 4.79 Å². The molecule has 5 heteroatoms. The number of likely N-dealkylation sites (tertiary alicyclic amines) is 1. The fourth-order valence-electron chi connectivity index (χ4n) is 3.44. The van der Waals surface area contributed by atoms with Gasteiger partial charge in [0.25, 0.3) is 5.91 Å². The number of amides is 1. The lowest BCUT2D eigenvalue weighted by Crippen LogP contribution is -2.41. The molecule has 24 heavy (non-hydrogen) atoms. The smallest absolute Gasteiger partial charge is 0.253 e. The molecule has 1 fully saturated rings. The highest BCUT2D eigenvalue weighted by Crippen LogP contribution is 2.24. The number of rotatable bonds is 3. The molecule has 0 bridgehead atoms. The average molecular weight is 322 g/mol. The molecule has 1 aliphatic heterocycles. The molecule has 1 atom stereocenters. The molecule has 1 aromatic heterocycles. The number of aromatic nitrogens is 2. The summed E-state index contributed by atoms with van der Waals surface area (Å²) in [5.74, 6) is 0.0426. The van der Waals surface area contributed by atoms with E-state index in [1.807, 2.05) is 36.1 Å². The average Bonchev–Trinajstić information content (AvgIpc) is 2.93. The molecule has 5 nitrogen and oxygen atoms in total. The van der Waals surface area contributed by atoms with Crippen LogP contribution in [-0.2, 0) is 6.42 Å². The molecule has 1 aromatic carbocycles. The van der Waals surface area contributed by atoms with Gasteiger partial charge in [0.15, 0.2) is 0 Å². The van der Waals surface area contributed by atoms with Crippen LogP contribution in [0.2, 0.25) is 0 Å². The predicted molar refractivity (Wildman–Crippen MR) is 91.6 cm³/mol. The normalized spacial score (nSPS) is 17.5. The first kappa shape index (κ1) is 16.3. The Kier molecular flexibility index (Phi) is 4.66.